The largest absolute Gasteiger partial charge is 0.344 e. The molecule has 20 heavy (non-hydrogen) atoms. The lowest BCUT2D eigenvalue weighted by molar-refractivity contribution is -0.126. The Labute approximate surface area is 122 Å². The van der Waals surface area contributed by atoms with Crippen LogP contribution in [-0.4, -0.2) is 40.1 Å². The van der Waals surface area contributed by atoms with Crippen LogP contribution in [0.5, 0.6) is 0 Å². The number of amides is 1. The number of nitriles is 1. The summed E-state index contributed by atoms with van der Waals surface area (Å²) in [6.07, 6.45) is 2.14. The second-order valence-corrected chi connectivity index (χ2v) is 7.64. The molecule has 0 aromatic heterocycles. The molecule has 1 aliphatic rings. The van der Waals surface area contributed by atoms with E-state index in [9.17, 15) is 14.9 Å². The van der Waals surface area contributed by atoms with Gasteiger partial charge in [-0.25, -0.2) is 0 Å². The molecule has 1 aliphatic heterocycles. The predicted octanol–water partition coefficient (Wildman–Crippen LogP) is 0.802. The summed E-state index contributed by atoms with van der Waals surface area (Å²) in [5, 5.41) is 12.0. The van der Waals surface area contributed by atoms with Crippen molar-refractivity contribution in [1.29, 1.82) is 5.26 Å². The molecule has 0 aromatic carbocycles. The Morgan fingerprint density at radius 1 is 1.25 bits per heavy atom. The molecule has 3 N–H and O–H groups in total. The monoisotopic (exact) mass is 297 g/mol. The molecule has 2 atom stereocenters. The van der Waals surface area contributed by atoms with Gasteiger partial charge in [-0.2, -0.15) is 15.7 Å². The Bertz CT molecular complexity index is 456. The van der Waals surface area contributed by atoms with Gasteiger partial charge in [0.25, 0.3) is 0 Å². The Kier molecular flexibility index (Phi) is 6.37. The van der Waals surface area contributed by atoms with E-state index in [1.165, 1.54) is 0 Å². The van der Waals surface area contributed by atoms with Crippen molar-refractivity contribution in [1.82, 2.24) is 5.32 Å². The van der Waals surface area contributed by atoms with E-state index in [-0.39, 0.29) is 28.1 Å². The summed E-state index contributed by atoms with van der Waals surface area (Å²) in [5.41, 5.74) is 5.52. The molecule has 0 aliphatic carbocycles. The number of carbonyl (C=O) groups is 2. The van der Waals surface area contributed by atoms with Crippen molar-refractivity contribution < 1.29 is 9.59 Å². The second kappa shape index (κ2) is 7.55. The number of nitrogens with one attached hydrogen (secondary N) is 1. The molecule has 1 fully saturated rings. The van der Waals surface area contributed by atoms with Crippen LogP contribution in [0.3, 0.4) is 0 Å². The van der Waals surface area contributed by atoms with Gasteiger partial charge in [-0.3, -0.25) is 9.59 Å². The fourth-order valence-electron chi connectivity index (χ4n) is 2.08. The van der Waals surface area contributed by atoms with Crippen molar-refractivity contribution in [2.24, 2.45) is 11.7 Å². The third-order valence-corrected chi connectivity index (χ3v) is 5.74. The average molecular weight is 297 g/mol. The fourth-order valence-corrected chi connectivity index (χ4v) is 4.34. The van der Waals surface area contributed by atoms with Gasteiger partial charge in [0.2, 0.25) is 11.7 Å². The minimum absolute atomic E-state index is 0.0697. The lowest BCUT2D eigenvalue weighted by Crippen LogP contribution is -2.51. The summed E-state index contributed by atoms with van der Waals surface area (Å²) in [6.45, 7) is 5.29. The van der Waals surface area contributed by atoms with E-state index in [1.54, 1.807) is 6.92 Å². The Balaban J connectivity index is 2.97. The predicted molar refractivity (Wildman–Crippen MR) is 82.6 cm³/mol. The maximum absolute atomic E-state index is 12.6. The first-order chi connectivity index (χ1) is 9.38. The highest BCUT2D eigenvalue weighted by Crippen LogP contribution is 2.27. The minimum Gasteiger partial charge on any atom is -0.344 e. The van der Waals surface area contributed by atoms with Gasteiger partial charge >= 0.3 is 0 Å². The Morgan fingerprint density at radius 2 is 1.80 bits per heavy atom. The molecule has 0 spiro atoms. The van der Waals surface area contributed by atoms with E-state index < -0.39 is 12.1 Å². The Morgan fingerprint density at radius 3 is 2.20 bits per heavy atom. The van der Waals surface area contributed by atoms with Crippen LogP contribution >= 0.6 is 10.5 Å². The first-order valence-corrected chi connectivity index (χ1v) is 8.49. The third-order valence-electron chi connectivity index (χ3n) is 3.31. The first-order valence-electron chi connectivity index (χ1n) is 6.93. The highest BCUT2D eigenvalue weighted by atomic mass is 32.2. The fraction of sp³-hybridized carbons (Fsp3) is 0.714. The highest BCUT2D eigenvalue weighted by Gasteiger charge is 2.29. The van der Waals surface area contributed by atoms with Crippen LogP contribution in [0.15, 0.2) is 0 Å². The van der Waals surface area contributed by atoms with Crippen LogP contribution in [0.2, 0.25) is 0 Å². The van der Waals surface area contributed by atoms with Gasteiger partial charge in [0, 0.05) is 0 Å². The molecule has 0 radical (unpaired) electrons. The van der Waals surface area contributed by atoms with Crippen LogP contribution in [0, 0.1) is 17.2 Å². The van der Waals surface area contributed by atoms with Crippen LogP contribution in [0.1, 0.15) is 33.6 Å². The molecular weight excluding hydrogens is 274 g/mol. The van der Waals surface area contributed by atoms with Gasteiger partial charge < -0.3 is 11.1 Å². The summed E-state index contributed by atoms with van der Waals surface area (Å²) < 4.78 is 0. The van der Waals surface area contributed by atoms with E-state index >= 15 is 0 Å². The molecule has 0 bridgehead atoms. The number of hydrogen-bond acceptors (Lipinski definition) is 4. The second-order valence-electron chi connectivity index (χ2n) is 5.43. The summed E-state index contributed by atoms with van der Waals surface area (Å²) in [4.78, 5) is 24.6. The lowest BCUT2D eigenvalue weighted by atomic mass is 9.97. The SMILES string of the molecule is CC(N)C(=O)NC(C(=O)C(C#N)=S1CCCC1)C(C)C. The Hall–Kier alpha value is -1.19. The molecule has 1 saturated heterocycles. The van der Waals surface area contributed by atoms with Crippen molar-refractivity contribution >= 4 is 27.0 Å². The van der Waals surface area contributed by atoms with Crippen molar-refractivity contribution in [3.8, 4) is 6.07 Å². The minimum atomic E-state index is -0.663. The zero-order chi connectivity index (χ0) is 15.3. The van der Waals surface area contributed by atoms with Gasteiger partial charge in [-0.15, -0.1) is 0 Å². The summed E-state index contributed by atoms with van der Waals surface area (Å²) in [6, 6.07) is 0.759. The summed E-state index contributed by atoms with van der Waals surface area (Å²) >= 11 is 0. The molecule has 6 heteroatoms. The standard InChI is InChI=1S/C14H23N3O2S/c1-9(2)12(17-14(19)10(3)16)13(18)11(8-15)20-6-4-5-7-20/h9-10,12H,4-7,16H2,1-3H3,(H,17,19). The molecule has 1 rings (SSSR count). The summed E-state index contributed by atoms with van der Waals surface area (Å²) in [5.74, 6) is 1.17. The number of hydrogen-bond donors (Lipinski definition) is 2. The van der Waals surface area contributed by atoms with E-state index in [0.717, 1.165) is 24.3 Å². The third kappa shape index (κ3) is 4.15. The normalized spacial score (nSPS) is 18.4. The summed E-state index contributed by atoms with van der Waals surface area (Å²) in [7, 11) is -0.234. The smallest absolute Gasteiger partial charge is 0.237 e. The van der Waals surface area contributed by atoms with E-state index in [0.29, 0.717) is 4.86 Å². The zero-order valence-corrected chi connectivity index (χ0v) is 13.1. The quantitative estimate of drug-likeness (QED) is 0.734. The molecule has 1 heterocycles. The lowest BCUT2D eigenvalue weighted by Gasteiger charge is -2.22. The number of Topliss-reactive ketones (excluding diaryl/α,β-unsaturated/α-hetero) is 1. The van der Waals surface area contributed by atoms with Crippen molar-refractivity contribution in [3.05, 3.63) is 0 Å². The number of nitrogens with zero attached hydrogens (tertiary/aromatic N) is 1. The van der Waals surface area contributed by atoms with Crippen LogP contribution in [-0.2, 0) is 9.59 Å². The maximum atomic E-state index is 12.6. The topological polar surface area (TPSA) is 96.0 Å². The molecular formula is C14H23N3O2S. The van der Waals surface area contributed by atoms with E-state index in [1.807, 2.05) is 13.8 Å². The van der Waals surface area contributed by atoms with Gasteiger partial charge in [-0.05, 0) is 37.2 Å². The van der Waals surface area contributed by atoms with E-state index in [4.69, 9.17) is 5.73 Å². The molecule has 1 amide bonds. The van der Waals surface area contributed by atoms with Crippen molar-refractivity contribution in [2.45, 2.75) is 45.7 Å². The van der Waals surface area contributed by atoms with Crippen molar-refractivity contribution in [2.75, 3.05) is 11.5 Å². The number of rotatable bonds is 5. The molecule has 2 unspecified atom stereocenters. The maximum Gasteiger partial charge on any atom is 0.237 e. The van der Waals surface area contributed by atoms with Crippen LogP contribution in [0.25, 0.3) is 0 Å². The van der Waals surface area contributed by atoms with Gasteiger partial charge in [0.05, 0.1) is 12.1 Å². The van der Waals surface area contributed by atoms with Crippen molar-refractivity contribution in [3.63, 3.8) is 0 Å². The number of nitrogens with two attached hydrogens (primary N) is 1. The van der Waals surface area contributed by atoms with Gasteiger partial charge in [0.15, 0.2) is 0 Å². The van der Waals surface area contributed by atoms with E-state index in [2.05, 4.69) is 11.4 Å². The number of carbonyl (C=O) groups excluding carboxylic acids is 2. The van der Waals surface area contributed by atoms with Crippen LogP contribution < -0.4 is 11.1 Å². The number of ketones is 1. The molecule has 5 nitrogen and oxygen atoms in total. The van der Waals surface area contributed by atoms with Crippen LogP contribution in [0.4, 0.5) is 0 Å². The molecule has 0 saturated carbocycles. The highest BCUT2D eigenvalue weighted by molar-refractivity contribution is 8.17. The first kappa shape index (κ1) is 16.9. The van der Waals surface area contributed by atoms with Gasteiger partial charge in [0.1, 0.15) is 10.9 Å². The average Bonchev–Trinajstić information content (AvgIpc) is 2.89. The molecule has 0 aromatic rings. The molecule has 112 valence electrons. The van der Waals surface area contributed by atoms with Gasteiger partial charge in [-0.1, -0.05) is 13.8 Å². The zero-order valence-electron chi connectivity index (χ0n) is 12.3.